The number of fused-ring (bicyclic) bond motifs is 1. The van der Waals surface area contributed by atoms with Gasteiger partial charge >= 0.3 is 0 Å². The van der Waals surface area contributed by atoms with Gasteiger partial charge in [-0.2, -0.15) is 0 Å². The monoisotopic (exact) mass is 302 g/mol. The molecular weight excluding hydrogens is 276 g/mol. The summed E-state index contributed by atoms with van der Waals surface area (Å²) in [6.45, 7) is 5.76. The molecular formula is C15H26O6. The lowest BCUT2D eigenvalue weighted by molar-refractivity contribution is -0.361. The number of aliphatic hydroxyl groups excluding tert-OH is 1. The van der Waals surface area contributed by atoms with Gasteiger partial charge in [0.1, 0.15) is 24.9 Å². The van der Waals surface area contributed by atoms with Crippen LogP contribution in [0.4, 0.5) is 0 Å². The van der Waals surface area contributed by atoms with Crippen LogP contribution in [0.3, 0.4) is 0 Å². The van der Waals surface area contributed by atoms with E-state index in [4.69, 9.17) is 23.7 Å². The maximum absolute atomic E-state index is 10.7. The Bertz CT molecular complexity index is 348. The fourth-order valence-corrected chi connectivity index (χ4v) is 3.56. The zero-order valence-corrected chi connectivity index (χ0v) is 12.9. The van der Waals surface area contributed by atoms with Crippen molar-refractivity contribution in [2.75, 3.05) is 26.4 Å². The Balaban J connectivity index is 1.75. The molecule has 3 aliphatic rings. The number of aliphatic hydroxyl groups is 1. The van der Waals surface area contributed by atoms with Crippen LogP contribution in [0.1, 0.15) is 39.5 Å². The zero-order chi connectivity index (χ0) is 14.9. The van der Waals surface area contributed by atoms with Crippen LogP contribution >= 0.6 is 0 Å². The zero-order valence-electron chi connectivity index (χ0n) is 12.9. The molecule has 3 aliphatic heterocycles. The third kappa shape index (κ3) is 2.73. The van der Waals surface area contributed by atoms with Gasteiger partial charge in [0.2, 0.25) is 5.79 Å². The molecule has 0 bridgehead atoms. The normalized spacial score (nSPS) is 42.1. The minimum absolute atomic E-state index is 0.231. The van der Waals surface area contributed by atoms with Gasteiger partial charge in [-0.25, -0.2) is 0 Å². The Morgan fingerprint density at radius 2 is 1.81 bits per heavy atom. The lowest BCUT2D eigenvalue weighted by atomic mass is 9.97. The van der Waals surface area contributed by atoms with E-state index in [1.807, 2.05) is 0 Å². The maximum Gasteiger partial charge on any atom is 0.221 e. The Morgan fingerprint density at radius 1 is 1.05 bits per heavy atom. The molecule has 21 heavy (non-hydrogen) atoms. The highest BCUT2D eigenvalue weighted by molar-refractivity contribution is 5.00. The van der Waals surface area contributed by atoms with E-state index in [9.17, 15) is 5.11 Å². The van der Waals surface area contributed by atoms with Crippen molar-refractivity contribution in [1.29, 1.82) is 0 Å². The number of hydrogen-bond acceptors (Lipinski definition) is 6. The van der Waals surface area contributed by atoms with Crippen LogP contribution in [0.5, 0.6) is 0 Å². The number of hydrogen-bond donors (Lipinski definition) is 1. The molecule has 0 saturated carbocycles. The first kappa shape index (κ1) is 15.6. The fourth-order valence-electron chi connectivity index (χ4n) is 3.56. The first-order chi connectivity index (χ1) is 10.1. The lowest BCUT2D eigenvalue weighted by Gasteiger charge is -2.45. The molecule has 0 aromatic carbocycles. The summed E-state index contributed by atoms with van der Waals surface area (Å²) in [7, 11) is 0. The molecule has 4 atom stereocenters. The molecule has 0 aromatic rings. The minimum atomic E-state index is -1.10. The van der Waals surface area contributed by atoms with Gasteiger partial charge in [-0.1, -0.05) is 26.7 Å². The van der Waals surface area contributed by atoms with Crippen molar-refractivity contribution >= 4 is 0 Å². The first-order valence-electron chi connectivity index (χ1n) is 8.04. The average Bonchev–Trinajstić information content (AvgIpc) is 2.85. The Kier molecular flexibility index (Phi) is 4.55. The third-order valence-corrected chi connectivity index (χ3v) is 4.48. The van der Waals surface area contributed by atoms with E-state index in [0.717, 1.165) is 25.7 Å². The van der Waals surface area contributed by atoms with Crippen LogP contribution in [0.25, 0.3) is 0 Å². The predicted molar refractivity (Wildman–Crippen MR) is 73.8 cm³/mol. The summed E-state index contributed by atoms with van der Waals surface area (Å²) in [5.41, 5.74) is 0. The molecule has 6 heteroatoms. The average molecular weight is 302 g/mol. The van der Waals surface area contributed by atoms with Crippen molar-refractivity contribution in [3.63, 3.8) is 0 Å². The van der Waals surface area contributed by atoms with Crippen molar-refractivity contribution < 1.29 is 28.8 Å². The minimum Gasteiger partial charge on any atom is -0.385 e. The quantitative estimate of drug-likeness (QED) is 0.842. The van der Waals surface area contributed by atoms with Gasteiger partial charge in [0.05, 0.1) is 19.8 Å². The van der Waals surface area contributed by atoms with Crippen LogP contribution < -0.4 is 0 Å². The molecule has 1 N–H and O–H groups in total. The second-order valence-corrected chi connectivity index (χ2v) is 6.12. The van der Waals surface area contributed by atoms with E-state index in [-0.39, 0.29) is 12.7 Å². The fraction of sp³-hybridized carbons (Fsp3) is 1.00. The predicted octanol–water partition coefficient (Wildman–Crippen LogP) is 1.20. The van der Waals surface area contributed by atoms with Crippen molar-refractivity contribution in [1.82, 2.24) is 0 Å². The van der Waals surface area contributed by atoms with Gasteiger partial charge in [-0.05, 0) is 0 Å². The second-order valence-electron chi connectivity index (χ2n) is 6.12. The largest absolute Gasteiger partial charge is 0.385 e. The van der Waals surface area contributed by atoms with Gasteiger partial charge in [-0.15, -0.1) is 0 Å². The van der Waals surface area contributed by atoms with Gasteiger partial charge < -0.3 is 28.8 Å². The molecule has 3 saturated heterocycles. The van der Waals surface area contributed by atoms with E-state index in [2.05, 4.69) is 13.8 Å². The summed E-state index contributed by atoms with van der Waals surface area (Å²) >= 11 is 0. The Labute approximate surface area is 125 Å². The molecule has 0 aliphatic carbocycles. The van der Waals surface area contributed by atoms with E-state index < -0.39 is 23.8 Å². The lowest BCUT2D eigenvalue weighted by Crippen LogP contribution is -2.64. The molecule has 0 amide bonds. The van der Waals surface area contributed by atoms with Gasteiger partial charge in [0.25, 0.3) is 0 Å². The van der Waals surface area contributed by atoms with E-state index in [0.29, 0.717) is 19.8 Å². The maximum atomic E-state index is 10.7. The van der Waals surface area contributed by atoms with Crippen molar-refractivity contribution in [2.45, 2.75) is 69.4 Å². The van der Waals surface area contributed by atoms with Crippen LogP contribution in [0.2, 0.25) is 0 Å². The topological polar surface area (TPSA) is 66.4 Å². The molecule has 6 nitrogen and oxygen atoms in total. The van der Waals surface area contributed by atoms with E-state index in [1.54, 1.807) is 0 Å². The Hall–Kier alpha value is -0.240. The van der Waals surface area contributed by atoms with Gasteiger partial charge in [0, 0.05) is 12.8 Å². The van der Waals surface area contributed by atoms with Gasteiger partial charge in [-0.3, -0.25) is 0 Å². The second kappa shape index (κ2) is 6.10. The summed E-state index contributed by atoms with van der Waals surface area (Å²) in [6.07, 6.45) is 2.04. The highest BCUT2D eigenvalue weighted by Gasteiger charge is 2.60. The highest BCUT2D eigenvalue weighted by atomic mass is 16.8. The summed E-state index contributed by atoms with van der Waals surface area (Å²) in [5, 5.41) is 10.7. The molecule has 1 spiro atoms. The molecule has 3 heterocycles. The smallest absolute Gasteiger partial charge is 0.221 e. The third-order valence-electron chi connectivity index (χ3n) is 4.48. The van der Waals surface area contributed by atoms with Crippen LogP contribution in [0.15, 0.2) is 0 Å². The van der Waals surface area contributed by atoms with Crippen LogP contribution in [0, 0.1) is 0 Å². The SMILES string of the molecule is CCCC1(CCC)OC2COC3(COCCO3)C(O)C2O1. The molecule has 4 unspecified atom stereocenters. The standard InChI is InChI=1S/C15H26O6/c1-3-5-14(6-4-2)20-11-9-19-15(10-17-7-8-18-15)13(16)12(11)21-14/h11-13,16H,3-10H2,1-2H3. The van der Waals surface area contributed by atoms with Gasteiger partial charge in [0.15, 0.2) is 5.79 Å². The summed E-state index contributed by atoms with van der Waals surface area (Å²) in [4.78, 5) is 0. The van der Waals surface area contributed by atoms with E-state index >= 15 is 0 Å². The highest BCUT2D eigenvalue weighted by Crippen LogP contribution is 2.43. The van der Waals surface area contributed by atoms with E-state index in [1.165, 1.54) is 0 Å². The molecule has 0 radical (unpaired) electrons. The molecule has 0 aromatic heterocycles. The molecule has 3 fully saturated rings. The Morgan fingerprint density at radius 3 is 2.43 bits per heavy atom. The van der Waals surface area contributed by atoms with Crippen LogP contribution in [-0.4, -0.2) is 61.4 Å². The number of rotatable bonds is 4. The summed E-state index contributed by atoms with van der Waals surface area (Å²) in [6, 6.07) is 0. The van der Waals surface area contributed by atoms with Crippen molar-refractivity contribution in [3.05, 3.63) is 0 Å². The summed E-state index contributed by atoms with van der Waals surface area (Å²) < 4.78 is 29.2. The number of ether oxygens (including phenoxy) is 5. The molecule has 3 rings (SSSR count). The first-order valence-corrected chi connectivity index (χ1v) is 8.04. The van der Waals surface area contributed by atoms with Crippen molar-refractivity contribution in [3.8, 4) is 0 Å². The van der Waals surface area contributed by atoms with Crippen molar-refractivity contribution in [2.24, 2.45) is 0 Å². The van der Waals surface area contributed by atoms with Crippen LogP contribution in [-0.2, 0) is 23.7 Å². The molecule has 122 valence electrons. The summed E-state index contributed by atoms with van der Waals surface area (Å²) in [5.74, 6) is -1.69.